The SMILES string of the molecule is CC(C)NS(=O)(=O)c1ccc(Cl)c(C(=O)Nc2ccc(-c3cn4cccnc4n3)cc2)c1. The van der Waals surface area contributed by atoms with Crippen molar-refractivity contribution >= 4 is 39.0 Å². The van der Waals surface area contributed by atoms with E-state index in [-0.39, 0.29) is 21.5 Å². The monoisotopic (exact) mass is 469 g/mol. The highest BCUT2D eigenvalue weighted by atomic mass is 35.5. The fraction of sp³-hybridized carbons (Fsp3) is 0.136. The number of rotatable bonds is 6. The molecule has 4 aromatic rings. The van der Waals surface area contributed by atoms with Gasteiger partial charge in [0.1, 0.15) is 0 Å². The number of hydrogen-bond acceptors (Lipinski definition) is 5. The van der Waals surface area contributed by atoms with Crippen molar-refractivity contribution in [3.05, 3.63) is 77.7 Å². The number of anilines is 1. The Kier molecular flexibility index (Phi) is 5.96. The van der Waals surface area contributed by atoms with Crippen molar-refractivity contribution in [2.45, 2.75) is 24.8 Å². The van der Waals surface area contributed by atoms with E-state index in [2.05, 4.69) is 20.0 Å². The van der Waals surface area contributed by atoms with Gasteiger partial charge >= 0.3 is 0 Å². The zero-order valence-electron chi connectivity index (χ0n) is 17.3. The summed E-state index contributed by atoms with van der Waals surface area (Å²) >= 11 is 6.16. The quantitative estimate of drug-likeness (QED) is 0.444. The predicted octanol–water partition coefficient (Wildman–Crippen LogP) is 3.99. The molecule has 0 saturated heterocycles. The normalized spacial score (nSPS) is 11.8. The molecule has 0 fully saturated rings. The lowest BCUT2D eigenvalue weighted by Gasteiger charge is -2.12. The van der Waals surface area contributed by atoms with Crippen molar-refractivity contribution in [2.75, 3.05) is 5.32 Å². The van der Waals surface area contributed by atoms with Gasteiger partial charge in [-0.05, 0) is 50.2 Å². The maximum absolute atomic E-state index is 12.8. The van der Waals surface area contributed by atoms with Gasteiger partial charge in [0.15, 0.2) is 0 Å². The molecule has 2 aromatic carbocycles. The zero-order chi connectivity index (χ0) is 22.9. The molecule has 0 aliphatic heterocycles. The van der Waals surface area contributed by atoms with Gasteiger partial charge in [-0.2, -0.15) is 0 Å². The van der Waals surface area contributed by atoms with Crippen LogP contribution in [0.5, 0.6) is 0 Å². The number of carbonyl (C=O) groups is 1. The first-order valence-corrected chi connectivity index (χ1v) is 11.6. The van der Waals surface area contributed by atoms with Crippen LogP contribution in [-0.2, 0) is 10.0 Å². The molecule has 2 N–H and O–H groups in total. The van der Waals surface area contributed by atoms with Gasteiger partial charge in [-0.25, -0.2) is 23.1 Å². The molecule has 2 aromatic heterocycles. The highest BCUT2D eigenvalue weighted by molar-refractivity contribution is 7.89. The number of aromatic nitrogens is 3. The summed E-state index contributed by atoms with van der Waals surface area (Å²) in [4.78, 5) is 21.4. The minimum Gasteiger partial charge on any atom is -0.322 e. The fourth-order valence-electron chi connectivity index (χ4n) is 3.12. The van der Waals surface area contributed by atoms with Crippen LogP contribution in [0.4, 0.5) is 5.69 Å². The number of imidazole rings is 1. The van der Waals surface area contributed by atoms with Crippen LogP contribution >= 0.6 is 11.6 Å². The first-order valence-electron chi connectivity index (χ1n) is 9.76. The number of fused-ring (bicyclic) bond motifs is 1. The summed E-state index contributed by atoms with van der Waals surface area (Å²) in [5.74, 6) is 0.0811. The maximum Gasteiger partial charge on any atom is 0.257 e. The Balaban J connectivity index is 1.54. The van der Waals surface area contributed by atoms with Crippen LogP contribution in [0.25, 0.3) is 17.0 Å². The van der Waals surface area contributed by atoms with Crippen molar-refractivity contribution in [1.29, 1.82) is 0 Å². The number of hydrogen-bond donors (Lipinski definition) is 2. The molecular weight excluding hydrogens is 450 g/mol. The first kappa shape index (κ1) is 21.9. The number of amides is 1. The Bertz CT molecular complexity index is 1370. The second-order valence-corrected chi connectivity index (χ2v) is 9.52. The molecule has 4 rings (SSSR count). The number of sulfonamides is 1. The van der Waals surface area contributed by atoms with Crippen LogP contribution in [0.2, 0.25) is 5.02 Å². The molecule has 0 aliphatic rings. The number of nitrogens with one attached hydrogen (secondary N) is 2. The van der Waals surface area contributed by atoms with Crippen molar-refractivity contribution in [3.63, 3.8) is 0 Å². The Morgan fingerprint density at radius 3 is 2.56 bits per heavy atom. The van der Waals surface area contributed by atoms with Crippen molar-refractivity contribution in [3.8, 4) is 11.3 Å². The van der Waals surface area contributed by atoms with E-state index in [4.69, 9.17) is 11.6 Å². The van der Waals surface area contributed by atoms with Gasteiger partial charge in [0.25, 0.3) is 5.91 Å². The van der Waals surface area contributed by atoms with Crippen molar-refractivity contribution < 1.29 is 13.2 Å². The fourth-order valence-corrected chi connectivity index (χ4v) is 4.60. The molecule has 0 spiro atoms. The molecule has 0 atom stereocenters. The van der Waals surface area contributed by atoms with Crippen LogP contribution in [0.15, 0.2) is 72.0 Å². The highest BCUT2D eigenvalue weighted by Gasteiger charge is 2.19. The molecule has 32 heavy (non-hydrogen) atoms. The molecule has 10 heteroatoms. The van der Waals surface area contributed by atoms with Gasteiger partial charge in [-0.1, -0.05) is 23.7 Å². The summed E-state index contributed by atoms with van der Waals surface area (Å²) in [7, 11) is -3.76. The average Bonchev–Trinajstić information content (AvgIpc) is 3.17. The highest BCUT2D eigenvalue weighted by Crippen LogP contribution is 2.24. The molecule has 0 bridgehead atoms. The Labute approximate surface area is 190 Å². The molecule has 0 saturated carbocycles. The minimum absolute atomic E-state index is 0.0310. The summed E-state index contributed by atoms with van der Waals surface area (Å²) in [5, 5.41) is 2.90. The molecular formula is C22H20ClN5O3S. The molecule has 2 heterocycles. The smallest absolute Gasteiger partial charge is 0.257 e. The molecule has 164 valence electrons. The van der Waals surface area contributed by atoms with E-state index in [0.717, 1.165) is 11.3 Å². The molecule has 8 nitrogen and oxygen atoms in total. The summed E-state index contributed by atoms with van der Waals surface area (Å²) in [6, 6.07) is 12.7. The van der Waals surface area contributed by atoms with Gasteiger partial charge in [0.05, 0.1) is 21.2 Å². The van der Waals surface area contributed by atoms with Gasteiger partial charge in [-0.3, -0.25) is 9.20 Å². The third-order valence-corrected chi connectivity index (χ3v) is 6.54. The Morgan fingerprint density at radius 1 is 1.12 bits per heavy atom. The zero-order valence-corrected chi connectivity index (χ0v) is 18.9. The second-order valence-electron chi connectivity index (χ2n) is 7.40. The number of halogens is 1. The van der Waals surface area contributed by atoms with Crippen LogP contribution in [0.3, 0.4) is 0 Å². The van der Waals surface area contributed by atoms with Gasteiger partial charge in [-0.15, -0.1) is 0 Å². The first-order chi connectivity index (χ1) is 15.2. The summed E-state index contributed by atoms with van der Waals surface area (Å²) in [5.41, 5.74) is 2.21. The molecule has 0 radical (unpaired) electrons. The third-order valence-electron chi connectivity index (χ3n) is 4.56. The van der Waals surface area contributed by atoms with Crippen molar-refractivity contribution in [2.24, 2.45) is 0 Å². The predicted molar refractivity (Wildman–Crippen MR) is 123 cm³/mol. The van der Waals surface area contributed by atoms with Gasteiger partial charge < -0.3 is 5.32 Å². The molecule has 0 unspecified atom stereocenters. The molecule has 1 amide bonds. The number of carbonyl (C=O) groups excluding carboxylic acids is 1. The van der Waals surface area contributed by atoms with E-state index >= 15 is 0 Å². The number of nitrogens with zero attached hydrogens (tertiary/aromatic N) is 3. The number of benzene rings is 2. The standard InChI is InChI=1S/C22H20ClN5O3S/c1-14(2)27-32(30,31)17-8-9-19(23)18(12-17)21(29)25-16-6-4-15(5-7-16)20-13-28-11-3-10-24-22(28)26-20/h3-14,27H,1-2H3,(H,25,29). The van der Waals surface area contributed by atoms with Crippen LogP contribution in [0.1, 0.15) is 24.2 Å². The third kappa shape index (κ3) is 4.64. The lowest BCUT2D eigenvalue weighted by Crippen LogP contribution is -2.30. The van der Waals surface area contributed by atoms with E-state index < -0.39 is 15.9 Å². The summed E-state index contributed by atoms with van der Waals surface area (Å²) in [6.07, 6.45) is 5.41. The lowest BCUT2D eigenvalue weighted by atomic mass is 10.1. The molecule has 0 aliphatic carbocycles. The Morgan fingerprint density at radius 2 is 1.88 bits per heavy atom. The van der Waals surface area contributed by atoms with E-state index in [9.17, 15) is 13.2 Å². The van der Waals surface area contributed by atoms with Crippen molar-refractivity contribution in [1.82, 2.24) is 19.1 Å². The van der Waals surface area contributed by atoms with Gasteiger partial charge in [0.2, 0.25) is 15.8 Å². The minimum atomic E-state index is -3.76. The van der Waals surface area contributed by atoms with Crippen LogP contribution < -0.4 is 10.0 Å². The maximum atomic E-state index is 12.8. The largest absolute Gasteiger partial charge is 0.322 e. The van der Waals surface area contributed by atoms with E-state index in [1.54, 1.807) is 32.2 Å². The second kappa shape index (κ2) is 8.70. The Hall–Kier alpha value is -3.27. The van der Waals surface area contributed by atoms with Crippen LogP contribution in [-0.4, -0.2) is 34.7 Å². The van der Waals surface area contributed by atoms with E-state index in [1.807, 2.05) is 35.0 Å². The summed E-state index contributed by atoms with van der Waals surface area (Å²) < 4.78 is 29.2. The van der Waals surface area contributed by atoms with Crippen LogP contribution in [0, 0.1) is 0 Å². The van der Waals surface area contributed by atoms with E-state index in [0.29, 0.717) is 11.5 Å². The summed E-state index contributed by atoms with van der Waals surface area (Å²) in [6.45, 7) is 3.43. The van der Waals surface area contributed by atoms with Gasteiger partial charge in [0, 0.05) is 35.9 Å². The van der Waals surface area contributed by atoms with E-state index in [1.165, 1.54) is 18.2 Å². The topological polar surface area (TPSA) is 105 Å². The average molecular weight is 470 g/mol. The lowest BCUT2D eigenvalue weighted by molar-refractivity contribution is 0.102.